The second-order valence-electron chi connectivity index (χ2n) is 6.05. The van der Waals surface area contributed by atoms with E-state index in [1.807, 2.05) is 39.0 Å². The molecular formula is C21H32N2O5. The van der Waals surface area contributed by atoms with Gasteiger partial charge in [-0.15, -0.1) is 0 Å². The summed E-state index contributed by atoms with van der Waals surface area (Å²) in [6, 6.07) is 9.17. The van der Waals surface area contributed by atoms with E-state index in [9.17, 15) is 14.4 Å². The summed E-state index contributed by atoms with van der Waals surface area (Å²) in [7, 11) is 0. The SMILES string of the molecule is C=C(C)C(=O)O.CCCCC1C(=O)NN(c2ccccc2)C1=O.CCOCC. The van der Waals surface area contributed by atoms with Crippen LogP contribution in [0.1, 0.15) is 47.0 Å². The van der Waals surface area contributed by atoms with Crippen molar-refractivity contribution in [3.05, 3.63) is 42.5 Å². The highest BCUT2D eigenvalue weighted by Crippen LogP contribution is 2.22. The van der Waals surface area contributed by atoms with Gasteiger partial charge in [0.1, 0.15) is 5.92 Å². The van der Waals surface area contributed by atoms with Gasteiger partial charge in [0.05, 0.1) is 5.69 Å². The molecule has 1 atom stereocenters. The number of nitrogens with zero attached hydrogens (tertiary/aromatic N) is 1. The van der Waals surface area contributed by atoms with Crippen LogP contribution >= 0.6 is 0 Å². The Balaban J connectivity index is 0.000000550. The van der Waals surface area contributed by atoms with Crippen LogP contribution < -0.4 is 10.4 Å². The highest BCUT2D eigenvalue weighted by molar-refractivity contribution is 6.14. The molecule has 1 aromatic carbocycles. The maximum absolute atomic E-state index is 12.1. The van der Waals surface area contributed by atoms with Gasteiger partial charge in [-0.1, -0.05) is 44.5 Å². The van der Waals surface area contributed by atoms with Crippen LogP contribution in [-0.4, -0.2) is 36.1 Å². The molecule has 1 saturated heterocycles. The molecule has 0 spiro atoms. The van der Waals surface area contributed by atoms with Crippen LogP contribution in [0.4, 0.5) is 5.69 Å². The van der Waals surface area contributed by atoms with Gasteiger partial charge in [0, 0.05) is 18.8 Å². The Bertz CT molecular complexity index is 617. The Hall–Kier alpha value is -2.67. The summed E-state index contributed by atoms with van der Waals surface area (Å²) >= 11 is 0. The largest absolute Gasteiger partial charge is 0.478 e. The number of carbonyl (C=O) groups excluding carboxylic acids is 2. The minimum absolute atomic E-state index is 0.144. The fraction of sp³-hybridized carbons (Fsp3) is 0.476. The zero-order valence-corrected chi connectivity index (χ0v) is 17.2. The van der Waals surface area contributed by atoms with Gasteiger partial charge in [0.2, 0.25) is 0 Å². The summed E-state index contributed by atoms with van der Waals surface area (Å²) in [5.74, 6) is -1.79. The second kappa shape index (κ2) is 14.4. The zero-order valence-electron chi connectivity index (χ0n) is 17.2. The number of carbonyl (C=O) groups is 3. The van der Waals surface area contributed by atoms with Crippen molar-refractivity contribution in [1.82, 2.24) is 5.43 Å². The van der Waals surface area contributed by atoms with Gasteiger partial charge in [-0.3, -0.25) is 15.0 Å². The zero-order chi connectivity index (χ0) is 21.5. The monoisotopic (exact) mass is 392 g/mol. The number of aliphatic carboxylic acids is 1. The number of benzene rings is 1. The summed E-state index contributed by atoms with van der Waals surface area (Å²) in [5.41, 5.74) is 3.51. The third-order valence-electron chi connectivity index (χ3n) is 3.69. The molecule has 0 bridgehead atoms. The lowest BCUT2D eigenvalue weighted by molar-refractivity contribution is -0.132. The molecule has 28 heavy (non-hydrogen) atoms. The van der Waals surface area contributed by atoms with Gasteiger partial charge in [-0.05, 0) is 39.3 Å². The summed E-state index contributed by atoms with van der Waals surface area (Å²) in [4.78, 5) is 33.4. The molecule has 1 aromatic rings. The highest BCUT2D eigenvalue weighted by atomic mass is 16.5. The normalized spacial score (nSPS) is 15.0. The first kappa shape index (κ1) is 25.3. The maximum Gasteiger partial charge on any atom is 0.330 e. The van der Waals surface area contributed by atoms with E-state index < -0.39 is 11.9 Å². The number of hydrogen-bond acceptors (Lipinski definition) is 4. The van der Waals surface area contributed by atoms with E-state index in [1.54, 1.807) is 12.1 Å². The summed E-state index contributed by atoms with van der Waals surface area (Å²) < 4.78 is 4.83. The fourth-order valence-electron chi connectivity index (χ4n) is 2.15. The van der Waals surface area contributed by atoms with Crippen molar-refractivity contribution in [3.63, 3.8) is 0 Å². The summed E-state index contributed by atoms with van der Waals surface area (Å²) in [6.45, 7) is 12.3. The molecule has 2 rings (SSSR count). The van der Waals surface area contributed by atoms with E-state index in [1.165, 1.54) is 11.9 Å². The predicted octanol–water partition coefficient (Wildman–Crippen LogP) is 3.56. The molecule has 1 aliphatic heterocycles. The van der Waals surface area contributed by atoms with Crippen molar-refractivity contribution >= 4 is 23.5 Å². The van der Waals surface area contributed by atoms with Gasteiger partial charge in [-0.2, -0.15) is 0 Å². The Labute approximate surface area is 167 Å². The lowest BCUT2D eigenvalue weighted by Crippen LogP contribution is -2.35. The highest BCUT2D eigenvalue weighted by Gasteiger charge is 2.39. The number of ether oxygens (including phenoxy) is 1. The number of unbranched alkanes of at least 4 members (excludes halogenated alkanes) is 1. The van der Waals surface area contributed by atoms with Crippen LogP contribution in [0.3, 0.4) is 0 Å². The van der Waals surface area contributed by atoms with Gasteiger partial charge >= 0.3 is 5.97 Å². The van der Waals surface area contributed by atoms with Gasteiger partial charge < -0.3 is 9.84 Å². The number of rotatable bonds is 7. The average Bonchev–Trinajstić information content (AvgIpc) is 2.96. The van der Waals surface area contributed by atoms with Crippen molar-refractivity contribution < 1.29 is 24.2 Å². The molecule has 0 aliphatic carbocycles. The van der Waals surface area contributed by atoms with E-state index in [0.29, 0.717) is 12.1 Å². The standard InChI is InChI=1S/C13H16N2O2.C4H6O2.C4H10O/c1-2-3-9-11-12(16)14-15(13(11)17)10-7-5-4-6-8-10;1-3(2)4(5)6;1-3-5-4-2/h4-8,11H,2-3,9H2,1H3,(H,14,16);1H2,2H3,(H,5,6);3-4H2,1-2H3. The maximum atomic E-state index is 12.1. The molecule has 0 radical (unpaired) electrons. The third-order valence-corrected chi connectivity index (χ3v) is 3.69. The fourth-order valence-corrected chi connectivity index (χ4v) is 2.15. The lowest BCUT2D eigenvalue weighted by Gasteiger charge is -2.14. The molecule has 7 nitrogen and oxygen atoms in total. The molecule has 1 unspecified atom stereocenters. The van der Waals surface area contributed by atoms with Crippen LogP contribution in [0.25, 0.3) is 0 Å². The molecule has 7 heteroatoms. The molecule has 156 valence electrons. The van der Waals surface area contributed by atoms with Crippen molar-refractivity contribution in [2.24, 2.45) is 5.92 Å². The number of hydrazine groups is 1. The smallest absolute Gasteiger partial charge is 0.330 e. The van der Waals surface area contributed by atoms with Crippen molar-refractivity contribution in [2.75, 3.05) is 18.2 Å². The second-order valence-corrected chi connectivity index (χ2v) is 6.05. The van der Waals surface area contributed by atoms with Crippen molar-refractivity contribution in [2.45, 2.75) is 47.0 Å². The molecular weight excluding hydrogens is 360 g/mol. The Morgan fingerprint density at radius 2 is 1.71 bits per heavy atom. The molecule has 0 aromatic heterocycles. The van der Waals surface area contributed by atoms with E-state index in [0.717, 1.165) is 26.1 Å². The quantitative estimate of drug-likeness (QED) is 0.546. The number of anilines is 1. The van der Waals surface area contributed by atoms with Gasteiger partial charge in [0.15, 0.2) is 0 Å². The number of para-hydroxylation sites is 1. The Kier molecular flexibility index (Phi) is 13.0. The van der Waals surface area contributed by atoms with E-state index in [4.69, 9.17) is 9.84 Å². The van der Waals surface area contributed by atoms with E-state index in [2.05, 4.69) is 12.0 Å². The predicted molar refractivity (Wildman–Crippen MR) is 110 cm³/mol. The van der Waals surface area contributed by atoms with Gasteiger partial charge in [0.25, 0.3) is 11.8 Å². The van der Waals surface area contributed by atoms with Crippen molar-refractivity contribution in [1.29, 1.82) is 0 Å². The number of nitrogens with one attached hydrogen (secondary N) is 1. The van der Waals surface area contributed by atoms with Crippen LogP contribution in [0.15, 0.2) is 42.5 Å². The van der Waals surface area contributed by atoms with E-state index in [-0.39, 0.29) is 17.4 Å². The first-order valence-corrected chi connectivity index (χ1v) is 9.46. The minimum Gasteiger partial charge on any atom is -0.478 e. The topological polar surface area (TPSA) is 95.9 Å². The summed E-state index contributed by atoms with van der Waals surface area (Å²) in [5, 5.41) is 9.24. The molecule has 1 fully saturated rings. The third kappa shape index (κ3) is 9.32. The van der Waals surface area contributed by atoms with Crippen LogP contribution in [-0.2, 0) is 19.1 Å². The van der Waals surface area contributed by atoms with E-state index >= 15 is 0 Å². The minimum atomic E-state index is -0.935. The Morgan fingerprint density at radius 3 is 2.11 bits per heavy atom. The van der Waals surface area contributed by atoms with Crippen LogP contribution in [0, 0.1) is 5.92 Å². The summed E-state index contributed by atoms with van der Waals surface area (Å²) in [6.07, 6.45) is 2.51. The molecule has 2 N–H and O–H groups in total. The lowest BCUT2D eigenvalue weighted by atomic mass is 10.0. The molecule has 1 heterocycles. The van der Waals surface area contributed by atoms with Crippen LogP contribution in [0.2, 0.25) is 0 Å². The Morgan fingerprint density at radius 1 is 1.18 bits per heavy atom. The molecule has 2 amide bonds. The van der Waals surface area contributed by atoms with Gasteiger partial charge in [-0.25, -0.2) is 9.80 Å². The average molecular weight is 392 g/mol. The first-order chi connectivity index (χ1) is 13.3. The molecule has 1 aliphatic rings. The van der Waals surface area contributed by atoms with Crippen LogP contribution in [0.5, 0.6) is 0 Å². The van der Waals surface area contributed by atoms with Crippen molar-refractivity contribution in [3.8, 4) is 0 Å². The first-order valence-electron chi connectivity index (χ1n) is 9.46. The number of carboxylic acid groups (broad SMARTS) is 1. The number of hydrogen-bond donors (Lipinski definition) is 2. The molecule has 0 saturated carbocycles. The number of amides is 2. The number of carboxylic acids is 1.